The summed E-state index contributed by atoms with van der Waals surface area (Å²) in [7, 11) is 0. The van der Waals surface area contributed by atoms with Crippen molar-refractivity contribution in [2.45, 2.75) is 12.5 Å². The van der Waals surface area contributed by atoms with E-state index in [1.165, 1.54) is 0 Å². The molecule has 0 aliphatic carbocycles. The van der Waals surface area contributed by atoms with E-state index < -0.39 is 0 Å². The van der Waals surface area contributed by atoms with Crippen LogP contribution in [0.5, 0.6) is 0 Å². The van der Waals surface area contributed by atoms with Crippen LogP contribution in [0.1, 0.15) is 12.0 Å². The minimum atomic E-state index is -0.0636. The normalized spacial score (nSPS) is 23.6. The number of rotatable bonds is 1. The molecular formula is C14H17ClN4O. The second-order valence-electron chi connectivity index (χ2n) is 5.09. The SMILES string of the molecule is Cl.N#Cc1cccc(NC(=O)N2CC[C@H]3CNC[C@H]32)c1. The van der Waals surface area contributed by atoms with Crippen molar-refractivity contribution in [3.05, 3.63) is 29.8 Å². The monoisotopic (exact) mass is 292 g/mol. The molecule has 0 unspecified atom stereocenters. The van der Waals surface area contributed by atoms with Crippen LogP contribution in [0.4, 0.5) is 10.5 Å². The molecule has 2 fully saturated rings. The summed E-state index contributed by atoms with van der Waals surface area (Å²) < 4.78 is 0. The summed E-state index contributed by atoms with van der Waals surface area (Å²) in [5, 5.41) is 15.1. The Labute approximate surface area is 124 Å². The van der Waals surface area contributed by atoms with Gasteiger partial charge in [-0.1, -0.05) is 6.07 Å². The van der Waals surface area contributed by atoms with Gasteiger partial charge in [0.05, 0.1) is 11.6 Å². The van der Waals surface area contributed by atoms with Crippen LogP contribution in [-0.4, -0.2) is 36.6 Å². The number of halogens is 1. The Kier molecular flexibility index (Phi) is 4.48. The first-order valence-electron chi connectivity index (χ1n) is 6.56. The average Bonchev–Trinajstić information content (AvgIpc) is 3.01. The number of amides is 2. The Balaban J connectivity index is 0.00000147. The molecule has 2 saturated heterocycles. The first kappa shape index (κ1) is 14.6. The van der Waals surface area contributed by atoms with Crippen molar-refractivity contribution in [2.75, 3.05) is 25.0 Å². The van der Waals surface area contributed by atoms with Gasteiger partial charge in [0, 0.05) is 31.4 Å². The van der Waals surface area contributed by atoms with E-state index in [0.29, 0.717) is 23.2 Å². The van der Waals surface area contributed by atoms with Crippen LogP contribution in [0, 0.1) is 17.2 Å². The number of benzene rings is 1. The lowest BCUT2D eigenvalue weighted by molar-refractivity contribution is 0.206. The van der Waals surface area contributed by atoms with Gasteiger partial charge in [-0.25, -0.2) is 4.79 Å². The number of nitriles is 1. The van der Waals surface area contributed by atoms with Crippen LogP contribution >= 0.6 is 12.4 Å². The predicted octanol–water partition coefficient (Wildman–Crippen LogP) is 1.81. The van der Waals surface area contributed by atoms with Crippen molar-refractivity contribution >= 4 is 24.1 Å². The van der Waals surface area contributed by atoms with Crippen molar-refractivity contribution in [3.63, 3.8) is 0 Å². The van der Waals surface area contributed by atoms with Crippen LogP contribution in [0.2, 0.25) is 0 Å². The second kappa shape index (κ2) is 6.12. The Bertz CT molecular complexity index is 542. The van der Waals surface area contributed by atoms with Crippen LogP contribution in [0.25, 0.3) is 0 Å². The fourth-order valence-electron chi connectivity index (χ4n) is 2.96. The van der Waals surface area contributed by atoms with Crippen LogP contribution in [0.15, 0.2) is 24.3 Å². The predicted molar refractivity (Wildman–Crippen MR) is 78.9 cm³/mol. The largest absolute Gasteiger partial charge is 0.322 e. The van der Waals surface area contributed by atoms with E-state index in [4.69, 9.17) is 5.26 Å². The molecule has 1 aromatic rings. The van der Waals surface area contributed by atoms with Gasteiger partial charge in [0.1, 0.15) is 0 Å². The molecule has 0 aromatic heterocycles. The topological polar surface area (TPSA) is 68.2 Å². The van der Waals surface area contributed by atoms with Gasteiger partial charge in [-0.05, 0) is 30.5 Å². The molecule has 0 bridgehead atoms. The summed E-state index contributed by atoms with van der Waals surface area (Å²) in [6, 6.07) is 9.33. The molecule has 0 radical (unpaired) electrons. The van der Waals surface area contributed by atoms with E-state index in [1.54, 1.807) is 24.3 Å². The molecule has 5 nitrogen and oxygen atoms in total. The number of likely N-dealkylation sites (tertiary alicyclic amines) is 1. The molecule has 2 aliphatic rings. The zero-order chi connectivity index (χ0) is 13.2. The highest BCUT2D eigenvalue weighted by molar-refractivity contribution is 5.90. The summed E-state index contributed by atoms with van der Waals surface area (Å²) in [6.07, 6.45) is 1.07. The van der Waals surface area contributed by atoms with E-state index in [2.05, 4.69) is 16.7 Å². The number of fused-ring (bicyclic) bond motifs is 1. The smallest absolute Gasteiger partial charge is 0.320 e. The summed E-state index contributed by atoms with van der Waals surface area (Å²) >= 11 is 0. The number of nitrogens with one attached hydrogen (secondary N) is 2. The van der Waals surface area contributed by atoms with Gasteiger partial charge in [-0.3, -0.25) is 0 Å². The average molecular weight is 293 g/mol. The van der Waals surface area contributed by atoms with Gasteiger partial charge in [-0.15, -0.1) is 12.4 Å². The summed E-state index contributed by atoms with van der Waals surface area (Å²) in [6.45, 7) is 2.72. The fraction of sp³-hybridized carbons (Fsp3) is 0.429. The summed E-state index contributed by atoms with van der Waals surface area (Å²) in [4.78, 5) is 14.2. The Hall–Kier alpha value is -1.77. The van der Waals surface area contributed by atoms with Crippen molar-refractivity contribution < 1.29 is 4.79 Å². The van der Waals surface area contributed by atoms with Crippen molar-refractivity contribution in [1.82, 2.24) is 10.2 Å². The Morgan fingerprint density at radius 1 is 1.45 bits per heavy atom. The maximum Gasteiger partial charge on any atom is 0.322 e. The van der Waals surface area contributed by atoms with Crippen LogP contribution < -0.4 is 10.6 Å². The van der Waals surface area contributed by atoms with Gasteiger partial charge in [0.15, 0.2) is 0 Å². The Morgan fingerprint density at radius 2 is 2.30 bits per heavy atom. The molecule has 0 saturated carbocycles. The van der Waals surface area contributed by atoms with Crippen molar-refractivity contribution in [3.8, 4) is 6.07 Å². The molecule has 106 valence electrons. The summed E-state index contributed by atoms with van der Waals surface area (Å²) in [5.74, 6) is 0.594. The van der Waals surface area contributed by atoms with Gasteiger partial charge in [-0.2, -0.15) is 5.26 Å². The van der Waals surface area contributed by atoms with E-state index in [0.717, 1.165) is 26.1 Å². The van der Waals surface area contributed by atoms with E-state index >= 15 is 0 Å². The fourth-order valence-corrected chi connectivity index (χ4v) is 2.96. The molecule has 2 amide bonds. The minimum absolute atomic E-state index is 0. The molecular weight excluding hydrogens is 276 g/mol. The van der Waals surface area contributed by atoms with E-state index in [9.17, 15) is 4.79 Å². The lowest BCUT2D eigenvalue weighted by Crippen LogP contribution is -2.41. The number of nitrogens with zero attached hydrogens (tertiary/aromatic N) is 2. The van der Waals surface area contributed by atoms with Crippen molar-refractivity contribution in [1.29, 1.82) is 5.26 Å². The third-order valence-corrected chi connectivity index (χ3v) is 3.95. The number of carbonyl (C=O) groups excluding carboxylic acids is 1. The number of anilines is 1. The molecule has 1 aromatic carbocycles. The number of carbonyl (C=O) groups is 1. The van der Waals surface area contributed by atoms with E-state index in [1.807, 2.05) is 4.90 Å². The molecule has 2 heterocycles. The maximum atomic E-state index is 12.3. The molecule has 2 atom stereocenters. The molecule has 6 heteroatoms. The molecule has 2 aliphatic heterocycles. The lowest BCUT2D eigenvalue weighted by atomic mass is 10.1. The zero-order valence-electron chi connectivity index (χ0n) is 11.0. The number of hydrogen-bond donors (Lipinski definition) is 2. The highest BCUT2D eigenvalue weighted by Gasteiger charge is 2.39. The molecule has 20 heavy (non-hydrogen) atoms. The van der Waals surface area contributed by atoms with E-state index in [-0.39, 0.29) is 18.4 Å². The first-order chi connectivity index (χ1) is 9.28. The number of urea groups is 1. The van der Waals surface area contributed by atoms with Gasteiger partial charge < -0.3 is 15.5 Å². The quantitative estimate of drug-likeness (QED) is 0.829. The molecule has 3 rings (SSSR count). The van der Waals surface area contributed by atoms with Gasteiger partial charge in [0.25, 0.3) is 0 Å². The third-order valence-electron chi connectivity index (χ3n) is 3.95. The standard InChI is InChI=1S/C14H16N4O.ClH/c15-7-10-2-1-3-12(6-10)17-14(19)18-5-4-11-8-16-9-13(11)18;/h1-3,6,11,13,16H,4-5,8-9H2,(H,17,19);1H/t11-,13+;/m0./s1. The zero-order valence-corrected chi connectivity index (χ0v) is 11.8. The van der Waals surface area contributed by atoms with Crippen molar-refractivity contribution in [2.24, 2.45) is 5.92 Å². The van der Waals surface area contributed by atoms with Gasteiger partial charge >= 0.3 is 6.03 Å². The van der Waals surface area contributed by atoms with Gasteiger partial charge in [0.2, 0.25) is 0 Å². The number of hydrogen-bond acceptors (Lipinski definition) is 3. The minimum Gasteiger partial charge on any atom is -0.320 e. The third kappa shape index (κ3) is 2.72. The highest BCUT2D eigenvalue weighted by Crippen LogP contribution is 2.27. The highest BCUT2D eigenvalue weighted by atomic mass is 35.5. The summed E-state index contributed by atoms with van der Waals surface area (Å²) in [5.41, 5.74) is 1.23. The van der Waals surface area contributed by atoms with Crippen LogP contribution in [-0.2, 0) is 0 Å². The molecule has 2 N–H and O–H groups in total. The Morgan fingerprint density at radius 3 is 3.10 bits per heavy atom. The first-order valence-corrected chi connectivity index (χ1v) is 6.56. The lowest BCUT2D eigenvalue weighted by Gasteiger charge is -2.23. The van der Waals surface area contributed by atoms with Crippen LogP contribution in [0.3, 0.4) is 0 Å². The molecule has 0 spiro atoms. The maximum absolute atomic E-state index is 12.3. The second-order valence-corrected chi connectivity index (χ2v) is 5.09.